The molecule has 1 saturated heterocycles. The van der Waals surface area contributed by atoms with E-state index < -0.39 is 0 Å². The summed E-state index contributed by atoms with van der Waals surface area (Å²) in [5.41, 5.74) is 0.721. The number of piperazine rings is 1. The van der Waals surface area contributed by atoms with Gasteiger partial charge in [0.15, 0.2) is 0 Å². The minimum absolute atomic E-state index is 0.721. The standard InChI is InChI=1S/C9H12BN3/c10-8-1-2-9(12-7-8)13-5-3-11-4-6-13/h1-2,7,11H,3-6H2. The number of hydrogen-bond acceptors (Lipinski definition) is 3. The number of anilines is 1. The predicted octanol–water partition coefficient (Wildman–Crippen LogP) is -0.715. The first kappa shape index (κ1) is 8.57. The Balaban J connectivity index is 2.10. The summed E-state index contributed by atoms with van der Waals surface area (Å²) in [6, 6.07) is 3.87. The lowest BCUT2D eigenvalue weighted by molar-refractivity contribution is 0.585. The number of aromatic nitrogens is 1. The van der Waals surface area contributed by atoms with Gasteiger partial charge in [0, 0.05) is 32.4 Å². The van der Waals surface area contributed by atoms with Crippen LogP contribution in [0.25, 0.3) is 0 Å². The van der Waals surface area contributed by atoms with Crippen LogP contribution < -0.4 is 15.7 Å². The molecule has 0 aliphatic carbocycles. The third kappa shape index (κ3) is 2.01. The Kier molecular flexibility index (Phi) is 2.50. The first-order valence-corrected chi connectivity index (χ1v) is 4.53. The zero-order valence-corrected chi connectivity index (χ0v) is 7.53. The van der Waals surface area contributed by atoms with E-state index in [-0.39, 0.29) is 0 Å². The van der Waals surface area contributed by atoms with Crippen molar-refractivity contribution in [3.05, 3.63) is 18.3 Å². The van der Waals surface area contributed by atoms with Crippen molar-refractivity contribution in [2.24, 2.45) is 0 Å². The van der Waals surface area contributed by atoms with Crippen molar-refractivity contribution in [3.8, 4) is 0 Å². The summed E-state index contributed by atoms with van der Waals surface area (Å²) in [5.74, 6) is 1.02. The van der Waals surface area contributed by atoms with E-state index in [0.717, 1.165) is 37.5 Å². The first-order valence-electron chi connectivity index (χ1n) is 4.53. The van der Waals surface area contributed by atoms with Crippen LogP contribution in [0.5, 0.6) is 0 Å². The van der Waals surface area contributed by atoms with Gasteiger partial charge in [0.25, 0.3) is 0 Å². The fourth-order valence-corrected chi connectivity index (χ4v) is 1.48. The van der Waals surface area contributed by atoms with Crippen LogP contribution in [0.2, 0.25) is 0 Å². The van der Waals surface area contributed by atoms with E-state index in [1.54, 1.807) is 6.20 Å². The molecule has 0 amide bonds. The maximum atomic E-state index is 5.56. The molecule has 66 valence electrons. The van der Waals surface area contributed by atoms with Gasteiger partial charge in [-0.25, -0.2) is 4.98 Å². The summed E-state index contributed by atoms with van der Waals surface area (Å²) < 4.78 is 0. The molecule has 0 unspecified atom stereocenters. The molecule has 0 aromatic carbocycles. The van der Waals surface area contributed by atoms with E-state index in [0.29, 0.717) is 0 Å². The average Bonchev–Trinajstić information content (AvgIpc) is 2.20. The number of rotatable bonds is 1. The van der Waals surface area contributed by atoms with Gasteiger partial charge >= 0.3 is 0 Å². The Morgan fingerprint density at radius 1 is 1.31 bits per heavy atom. The Labute approximate surface area is 79.6 Å². The summed E-state index contributed by atoms with van der Waals surface area (Å²) in [6.45, 7) is 4.12. The van der Waals surface area contributed by atoms with Crippen LogP contribution in [0.3, 0.4) is 0 Å². The molecule has 2 radical (unpaired) electrons. The lowest BCUT2D eigenvalue weighted by atomic mass is 9.99. The van der Waals surface area contributed by atoms with Crippen molar-refractivity contribution in [2.75, 3.05) is 31.1 Å². The summed E-state index contributed by atoms with van der Waals surface area (Å²) >= 11 is 0. The van der Waals surface area contributed by atoms with Crippen LogP contribution in [0, 0.1) is 0 Å². The van der Waals surface area contributed by atoms with Gasteiger partial charge < -0.3 is 10.2 Å². The summed E-state index contributed by atoms with van der Waals surface area (Å²) in [6.07, 6.45) is 1.71. The Morgan fingerprint density at radius 2 is 2.08 bits per heavy atom. The largest absolute Gasteiger partial charge is 0.354 e. The maximum absolute atomic E-state index is 5.56. The second kappa shape index (κ2) is 3.79. The molecule has 1 aliphatic rings. The molecule has 1 fully saturated rings. The van der Waals surface area contributed by atoms with Crippen molar-refractivity contribution in [2.45, 2.75) is 0 Å². The summed E-state index contributed by atoms with van der Waals surface area (Å²) in [4.78, 5) is 6.53. The topological polar surface area (TPSA) is 28.2 Å². The normalized spacial score (nSPS) is 17.4. The molecule has 1 aromatic rings. The highest BCUT2D eigenvalue weighted by Crippen LogP contribution is 2.08. The zero-order valence-electron chi connectivity index (χ0n) is 7.53. The van der Waals surface area contributed by atoms with Crippen LogP contribution in [0.1, 0.15) is 0 Å². The molecule has 2 heterocycles. The molecular weight excluding hydrogens is 161 g/mol. The van der Waals surface area contributed by atoms with Gasteiger partial charge in [-0.2, -0.15) is 0 Å². The fraction of sp³-hybridized carbons (Fsp3) is 0.444. The molecule has 0 saturated carbocycles. The number of nitrogens with zero attached hydrogens (tertiary/aromatic N) is 2. The number of pyridine rings is 1. The highest BCUT2D eigenvalue weighted by Gasteiger charge is 2.10. The van der Waals surface area contributed by atoms with E-state index in [1.807, 2.05) is 12.1 Å². The van der Waals surface area contributed by atoms with Crippen molar-refractivity contribution in [1.82, 2.24) is 10.3 Å². The molecule has 3 nitrogen and oxygen atoms in total. The zero-order chi connectivity index (χ0) is 9.10. The lowest BCUT2D eigenvalue weighted by Gasteiger charge is -2.28. The van der Waals surface area contributed by atoms with Crippen LogP contribution >= 0.6 is 0 Å². The molecule has 1 aromatic heterocycles. The molecule has 2 rings (SSSR count). The monoisotopic (exact) mass is 173 g/mol. The average molecular weight is 173 g/mol. The Hall–Kier alpha value is -1.03. The van der Waals surface area contributed by atoms with Gasteiger partial charge in [0.2, 0.25) is 0 Å². The number of hydrogen-bond donors (Lipinski definition) is 1. The van der Waals surface area contributed by atoms with E-state index >= 15 is 0 Å². The molecule has 1 aliphatic heterocycles. The van der Waals surface area contributed by atoms with Crippen molar-refractivity contribution < 1.29 is 0 Å². The second-order valence-corrected chi connectivity index (χ2v) is 3.19. The first-order chi connectivity index (χ1) is 6.36. The summed E-state index contributed by atoms with van der Waals surface area (Å²) in [5, 5.41) is 3.30. The highest BCUT2D eigenvalue weighted by atomic mass is 15.2. The van der Waals surface area contributed by atoms with Crippen LogP contribution in [0.15, 0.2) is 18.3 Å². The molecule has 4 heteroatoms. The van der Waals surface area contributed by atoms with E-state index in [4.69, 9.17) is 7.85 Å². The SMILES string of the molecule is [B]c1ccc(N2CCNCC2)nc1. The Bertz CT molecular complexity index is 267. The predicted molar refractivity (Wildman–Crippen MR) is 54.7 cm³/mol. The minimum atomic E-state index is 0.721. The molecular formula is C9H12BN3. The van der Waals surface area contributed by atoms with Gasteiger partial charge in [0.1, 0.15) is 13.7 Å². The van der Waals surface area contributed by atoms with E-state index in [9.17, 15) is 0 Å². The number of nitrogens with one attached hydrogen (secondary N) is 1. The van der Waals surface area contributed by atoms with Crippen molar-refractivity contribution in [3.63, 3.8) is 0 Å². The van der Waals surface area contributed by atoms with Gasteiger partial charge in [0.05, 0.1) is 0 Å². The molecule has 1 N–H and O–H groups in total. The van der Waals surface area contributed by atoms with Crippen molar-refractivity contribution in [1.29, 1.82) is 0 Å². The van der Waals surface area contributed by atoms with Gasteiger partial charge in [-0.15, -0.1) is 0 Å². The molecule has 0 bridgehead atoms. The maximum Gasteiger partial charge on any atom is 0.128 e. The van der Waals surface area contributed by atoms with Crippen LogP contribution in [-0.4, -0.2) is 39.0 Å². The van der Waals surface area contributed by atoms with E-state index in [1.165, 1.54) is 0 Å². The fourth-order valence-electron chi connectivity index (χ4n) is 1.48. The summed E-state index contributed by atoms with van der Waals surface area (Å²) in [7, 11) is 5.56. The molecule has 13 heavy (non-hydrogen) atoms. The quantitative estimate of drug-likeness (QED) is 0.568. The van der Waals surface area contributed by atoms with Gasteiger partial charge in [-0.1, -0.05) is 11.5 Å². The lowest BCUT2D eigenvalue weighted by Crippen LogP contribution is -2.43. The van der Waals surface area contributed by atoms with Gasteiger partial charge in [-0.05, 0) is 6.07 Å². The van der Waals surface area contributed by atoms with E-state index in [2.05, 4.69) is 15.2 Å². The second-order valence-electron chi connectivity index (χ2n) is 3.19. The van der Waals surface area contributed by atoms with Crippen LogP contribution in [0.4, 0.5) is 5.82 Å². The van der Waals surface area contributed by atoms with Gasteiger partial charge in [-0.3, -0.25) is 0 Å². The van der Waals surface area contributed by atoms with Crippen molar-refractivity contribution >= 4 is 19.1 Å². The third-order valence-electron chi connectivity index (χ3n) is 2.21. The molecule has 0 spiro atoms. The smallest absolute Gasteiger partial charge is 0.128 e. The third-order valence-corrected chi connectivity index (χ3v) is 2.21. The highest BCUT2D eigenvalue weighted by molar-refractivity contribution is 6.32. The van der Waals surface area contributed by atoms with Crippen LogP contribution in [-0.2, 0) is 0 Å². The minimum Gasteiger partial charge on any atom is -0.354 e. The Morgan fingerprint density at radius 3 is 2.69 bits per heavy atom. The molecule has 0 atom stereocenters.